The number of carbonyl (C=O) groups excluding carboxylic acids is 1. The predicted octanol–water partition coefficient (Wildman–Crippen LogP) is -0.234. The SMILES string of the molecule is O=C1c2cc(=O)ncn2CCN1NCC(F)(F)F. The number of hydrogen-bond acceptors (Lipinski definition) is 4. The molecule has 98 valence electrons. The molecule has 1 aromatic heterocycles. The maximum Gasteiger partial charge on any atom is 0.402 e. The highest BCUT2D eigenvalue weighted by Gasteiger charge is 2.31. The van der Waals surface area contributed by atoms with Gasteiger partial charge in [-0.15, -0.1) is 0 Å². The molecule has 1 aliphatic heterocycles. The van der Waals surface area contributed by atoms with E-state index < -0.39 is 24.2 Å². The second-order valence-corrected chi connectivity index (χ2v) is 3.71. The summed E-state index contributed by atoms with van der Waals surface area (Å²) in [4.78, 5) is 26.3. The average molecular weight is 262 g/mol. The van der Waals surface area contributed by atoms with Gasteiger partial charge in [-0.25, -0.2) is 5.43 Å². The van der Waals surface area contributed by atoms with Crippen LogP contribution < -0.4 is 11.0 Å². The molecule has 0 radical (unpaired) electrons. The maximum atomic E-state index is 12.0. The van der Waals surface area contributed by atoms with Crippen molar-refractivity contribution >= 4 is 5.91 Å². The zero-order chi connectivity index (χ0) is 13.3. The minimum Gasteiger partial charge on any atom is -0.326 e. The van der Waals surface area contributed by atoms with E-state index in [2.05, 4.69) is 4.98 Å². The Labute approximate surface area is 99.0 Å². The van der Waals surface area contributed by atoms with E-state index in [0.717, 1.165) is 11.1 Å². The molecule has 18 heavy (non-hydrogen) atoms. The number of hydrazine groups is 1. The summed E-state index contributed by atoms with van der Waals surface area (Å²) in [7, 11) is 0. The molecular formula is C9H9F3N4O2. The third-order valence-corrected chi connectivity index (χ3v) is 2.39. The highest BCUT2D eigenvalue weighted by Crippen LogP contribution is 2.14. The van der Waals surface area contributed by atoms with Gasteiger partial charge in [0.2, 0.25) is 0 Å². The molecular weight excluding hydrogens is 253 g/mol. The lowest BCUT2D eigenvalue weighted by Gasteiger charge is -2.29. The Morgan fingerprint density at radius 3 is 2.72 bits per heavy atom. The largest absolute Gasteiger partial charge is 0.402 e. The van der Waals surface area contributed by atoms with E-state index in [9.17, 15) is 22.8 Å². The first-order valence-corrected chi connectivity index (χ1v) is 5.05. The van der Waals surface area contributed by atoms with Crippen LogP contribution in [0.25, 0.3) is 0 Å². The highest BCUT2D eigenvalue weighted by atomic mass is 19.4. The number of amides is 1. The number of nitrogens with one attached hydrogen (secondary N) is 1. The van der Waals surface area contributed by atoms with Crippen LogP contribution in [0.3, 0.4) is 0 Å². The number of aromatic nitrogens is 2. The molecule has 0 spiro atoms. The molecule has 0 fully saturated rings. The lowest BCUT2D eigenvalue weighted by Crippen LogP contribution is -2.51. The molecule has 0 aromatic carbocycles. The molecule has 0 saturated carbocycles. The Morgan fingerprint density at radius 1 is 1.33 bits per heavy atom. The standard InChI is InChI=1S/C9H9F3N4O2/c10-9(11,12)4-14-16-2-1-15-5-13-7(17)3-6(15)8(16)18/h3,5,14H,1-2,4H2. The summed E-state index contributed by atoms with van der Waals surface area (Å²) in [6.45, 7) is -0.945. The van der Waals surface area contributed by atoms with Crippen LogP contribution in [0.1, 0.15) is 10.5 Å². The molecule has 2 heterocycles. The Bertz CT molecular complexity index is 525. The molecule has 0 aliphatic carbocycles. The van der Waals surface area contributed by atoms with Crippen LogP contribution in [-0.2, 0) is 6.54 Å². The zero-order valence-corrected chi connectivity index (χ0v) is 9.07. The number of hydrogen-bond donors (Lipinski definition) is 1. The topological polar surface area (TPSA) is 67.2 Å². The van der Waals surface area contributed by atoms with Crippen LogP contribution in [0.15, 0.2) is 17.2 Å². The van der Waals surface area contributed by atoms with Crippen molar-refractivity contribution < 1.29 is 18.0 Å². The average Bonchev–Trinajstić information content (AvgIpc) is 2.28. The number of nitrogens with zero attached hydrogens (tertiary/aromatic N) is 3. The third kappa shape index (κ3) is 2.67. The smallest absolute Gasteiger partial charge is 0.326 e. The molecule has 1 aromatic rings. The number of halogens is 3. The molecule has 0 saturated heterocycles. The van der Waals surface area contributed by atoms with Crippen LogP contribution in [0.4, 0.5) is 13.2 Å². The van der Waals surface area contributed by atoms with Gasteiger partial charge in [0.25, 0.3) is 11.5 Å². The van der Waals surface area contributed by atoms with Crippen LogP contribution in [0.5, 0.6) is 0 Å². The van der Waals surface area contributed by atoms with Gasteiger partial charge in [0.05, 0.1) is 12.9 Å². The van der Waals surface area contributed by atoms with Gasteiger partial charge in [-0.05, 0) is 0 Å². The fourth-order valence-electron chi connectivity index (χ4n) is 1.57. The molecule has 9 heteroatoms. The normalized spacial score (nSPS) is 15.7. The van der Waals surface area contributed by atoms with E-state index in [-0.39, 0.29) is 18.8 Å². The monoisotopic (exact) mass is 262 g/mol. The molecule has 1 amide bonds. The zero-order valence-electron chi connectivity index (χ0n) is 9.07. The van der Waals surface area contributed by atoms with Gasteiger partial charge in [0.1, 0.15) is 12.2 Å². The van der Waals surface area contributed by atoms with E-state index in [1.165, 1.54) is 10.9 Å². The van der Waals surface area contributed by atoms with E-state index in [0.29, 0.717) is 0 Å². The van der Waals surface area contributed by atoms with Crippen molar-refractivity contribution in [3.63, 3.8) is 0 Å². The molecule has 6 nitrogen and oxygen atoms in total. The quantitative estimate of drug-likeness (QED) is 0.799. The Kier molecular flexibility index (Phi) is 3.07. The van der Waals surface area contributed by atoms with Crippen LogP contribution in [0, 0.1) is 0 Å². The van der Waals surface area contributed by atoms with E-state index in [1.54, 1.807) is 0 Å². The van der Waals surface area contributed by atoms with Gasteiger partial charge in [-0.3, -0.25) is 14.6 Å². The van der Waals surface area contributed by atoms with Crippen LogP contribution in [-0.4, -0.2) is 39.7 Å². The molecule has 0 bridgehead atoms. The predicted molar refractivity (Wildman–Crippen MR) is 53.6 cm³/mol. The summed E-state index contributed by atoms with van der Waals surface area (Å²) < 4.78 is 37.5. The van der Waals surface area contributed by atoms with Crippen LogP contribution in [0.2, 0.25) is 0 Å². The molecule has 1 N–H and O–H groups in total. The summed E-state index contributed by atoms with van der Waals surface area (Å²) in [5.74, 6) is -0.676. The van der Waals surface area contributed by atoms with Crippen molar-refractivity contribution in [3.05, 3.63) is 28.4 Å². The van der Waals surface area contributed by atoms with Crippen molar-refractivity contribution in [1.29, 1.82) is 0 Å². The van der Waals surface area contributed by atoms with Gasteiger partial charge < -0.3 is 4.57 Å². The number of rotatable bonds is 2. The number of fused-ring (bicyclic) bond motifs is 1. The first-order valence-electron chi connectivity index (χ1n) is 5.05. The Morgan fingerprint density at radius 2 is 2.06 bits per heavy atom. The summed E-state index contributed by atoms with van der Waals surface area (Å²) >= 11 is 0. The van der Waals surface area contributed by atoms with Crippen LogP contribution >= 0.6 is 0 Å². The lowest BCUT2D eigenvalue weighted by atomic mass is 10.3. The molecule has 0 unspecified atom stereocenters. The van der Waals surface area contributed by atoms with Crippen molar-refractivity contribution in [1.82, 2.24) is 20.0 Å². The van der Waals surface area contributed by atoms with E-state index >= 15 is 0 Å². The van der Waals surface area contributed by atoms with E-state index in [4.69, 9.17) is 0 Å². The van der Waals surface area contributed by atoms with Gasteiger partial charge >= 0.3 is 6.18 Å². The number of alkyl halides is 3. The fourth-order valence-corrected chi connectivity index (χ4v) is 1.57. The van der Waals surface area contributed by atoms with Crippen molar-refractivity contribution in [2.24, 2.45) is 0 Å². The molecule has 2 rings (SSSR count). The van der Waals surface area contributed by atoms with Crippen molar-refractivity contribution in [2.45, 2.75) is 12.7 Å². The Balaban J connectivity index is 2.15. The Hall–Kier alpha value is -1.90. The minimum atomic E-state index is -4.41. The lowest BCUT2D eigenvalue weighted by molar-refractivity contribution is -0.132. The molecule has 1 aliphatic rings. The van der Waals surface area contributed by atoms with Gasteiger partial charge in [-0.2, -0.15) is 18.2 Å². The minimum absolute atomic E-state index is 0.0240. The third-order valence-electron chi connectivity index (χ3n) is 2.39. The maximum absolute atomic E-state index is 12.0. The molecule has 0 atom stereocenters. The van der Waals surface area contributed by atoms with Gasteiger partial charge in [0.15, 0.2) is 0 Å². The van der Waals surface area contributed by atoms with E-state index in [1.807, 2.05) is 5.43 Å². The van der Waals surface area contributed by atoms with Crippen molar-refractivity contribution in [3.8, 4) is 0 Å². The summed E-state index contributed by atoms with van der Waals surface area (Å²) in [5.41, 5.74) is 1.41. The highest BCUT2D eigenvalue weighted by molar-refractivity contribution is 5.92. The summed E-state index contributed by atoms with van der Waals surface area (Å²) in [5, 5.41) is 0.849. The van der Waals surface area contributed by atoms with Crippen molar-refractivity contribution in [2.75, 3.05) is 13.1 Å². The first-order chi connectivity index (χ1) is 8.37. The van der Waals surface area contributed by atoms with Gasteiger partial charge in [0, 0.05) is 12.6 Å². The fraction of sp³-hybridized carbons (Fsp3) is 0.444. The summed E-state index contributed by atoms with van der Waals surface area (Å²) in [6, 6.07) is 1.00. The second kappa shape index (κ2) is 4.41. The van der Waals surface area contributed by atoms with Gasteiger partial charge in [-0.1, -0.05) is 0 Å². The second-order valence-electron chi connectivity index (χ2n) is 3.71. The number of carbonyl (C=O) groups is 1. The first kappa shape index (κ1) is 12.6. The summed E-state index contributed by atoms with van der Waals surface area (Å²) in [6.07, 6.45) is -3.20.